The Labute approximate surface area is 197 Å². The van der Waals surface area contributed by atoms with Crippen LogP contribution in [0.4, 0.5) is 17.6 Å². The van der Waals surface area contributed by atoms with E-state index in [1.165, 1.54) is 69.9 Å². The molecule has 2 saturated carbocycles. The summed E-state index contributed by atoms with van der Waals surface area (Å²) in [6.45, 7) is -1.06. The van der Waals surface area contributed by atoms with Gasteiger partial charge in [-0.1, -0.05) is 64.0 Å². The Morgan fingerprint density at radius 3 is 1.85 bits per heavy atom. The summed E-state index contributed by atoms with van der Waals surface area (Å²) in [5.74, 6) is -0.491. The normalized spacial score (nSPS) is 26.2. The summed E-state index contributed by atoms with van der Waals surface area (Å²) in [7, 11) is 0. The van der Waals surface area contributed by atoms with Crippen molar-refractivity contribution in [2.24, 2.45) is 17.8 Å². The fraction of sp³-hybridized carbons (Fsp3) is 0.714. The first-order chi connectivity index (χ1) is 16.0. The van der Waals surface area contributed by atoms with Crippen LogP contribution in [0, 0.1) is 29.4 Å². The minimum atomic E-state index is -3.24. The molecule has 0 unspecified atom stereocenters. The molecule has 2 aliphatic rings. The zero-order valence-electron chi connectivity index (χ0n) is 20.0. The minimum absolute atomic E-state index is 0.0912. The van der Waals surface area contributed by atoms with Crippen molar-refractivity contribution < 1.29 is 22.3 Å². The molecule has 0 aromatic heterocycles. The van der Waals surface area contributed by atoms with Gasteiger partial charge in [0.15, 0.2) is 17.4 Å². The number of halogens is 4. The maximum absolute atomic E-state index is 14.1. The lowest BCUT2D eigenvalue weighted by Crippen LogP contribution is -2.18. The molecule has 2 aliphatic carbocycles. The summed E-state index contributed by atoms with van der Waals surface area (Å²) in [5, 5.41) is 0. The number of hydrogen-bond donors (Lipinski definition) is 0. The van der Waals surface area contributed by atoms with Gasteiger partial charge in [-0.3, -0.25) is 0 Å². The first-order valence-electron chi connectivity index (χ1n) is 13.0. The second-order valence-electron chi connectivity index (χ2n) is 10.2. The molecule has 0 atom stereocenters. The molecule has 0 bridgehead atoms. The van der Waals surface area contributed by atoms with Crippen molar-refractivity contribution in [3.63, 3.8) is 0 Å². The zero-order valence-corrected chi connectivity index (χ0v) is 20.0. The third kappa shape index (κ3) is 8.33. The van der Waals surface area contributed by atoms with Crippen LogP contribution in [0.5, 0.6) is 5.75 Å². The van der Waals surface area contributed by atoms with E-state index in [9.17, 15) is 17.6 Å². The van der Waals surface area contributed by atoms with Gasteiger partial charge in [0, 0.05) is 0 Å². The highest BCUT2D eigenvalue weighted by atomic mass is 19.3. The van der Waals surface area contributed by atoms with E-state index in [4.69, 9.17) is 0 Å². The van der Waals surface area contributed by atoms with E-state index in [2.05, 4.69) is 23.8 Å². The van der Waals surface area contributed by atoms with Crippen LogP contribution in [0.2, 0.25) is 0 Å². The van der Waals surface area contributed by atoms with Gasteiger partial charge in [-0.25, -0.2) is 8.78 Å². The van der Waals surface area contributed by atoms with Crippen molar-refractivity contribution in [1.82, 2.24) is 0 Å². The Morgan fingerprint density at radius 2 is 1.33 bits per heavy atom. The number of ether oxygens (including phenoxy) is 1. The Kier molecular flexibility index (Phi) is 10.6. The Morgan fingerprint density at radius 1 is 0.818 bits per heavy atom. The monoisotopic (exact) mass is 468 g/mol. The van der Waals surface area contributed by atoms with Crippen LogP contribution in [0.25, 0.3) is 0 Å². The fourth-order valence-corrected chi connectivity index (χ4v) is 5.89. The van der Waals surface area contributed by atoms with E-state index in [1.54, 1.807) is 0 Å². The van der Waals surface area contributed by atoms with Crippen LogP contribution in [0.1, 0.15) is 108 Å². The fourth-order valence-electron chi connectivity index (χ4n) is 5.89. The summed E-state index contributed by atoms with van der Waals surface area (Å²) >= 11 is 0. The van der Waals surface area contributed by atoms with Gasteiger partial charge in [0.05, 0.1) is 0 Å². The summed E-state index contributed by atoms with van der Waals surface area (Å²) in [6.07, 6.45) is 21.7. The van der Waals surface area contributed by atoms with Gasteiger partial charge in [-0.15, -0.1) is 0 Å². The number of benzene rings is 1. The second kappa shape index (κ2) is 13.4. The summed E-state index contributed by atoms with van der Waals surface area (Å²) in [5.41, 5.74) is 0.563. The lowest BCUT2D eigenvalue weighted by Gasteiger charge is -2.32. The van der Waals surface area contributed by atoms with E-state index in [0.717, 1.165) is 43.9 Å². The van der Waals surface area contributed by atoms with Gasteiger partial charge in [-0.05, 0) is 86.3 Å². The first kappa shape index (κ1) is 26.1. The van der Waals surface area contributed by atoms with E-state index in [-0.39, 0.29) is 5.92 Å². The molecule has 0 aliphatic heterocycles. The van der Waals surface area contributed by atoms with Crippen LogP contribution in [0.3, 0.4) is 0 Å². The van der Waals surface area contributed by atoms with Gasteiger partial charge < -0.3 is 4.74 Å². The Balaban J connectivity index is 1.35. The summed E-state index contributed by atoms with van der Waals surface area (Å²) in [6, 6.07) is 2.34. The quantitative estimate of drug-likeness (QED) is 0.178. The maximum atomic E-state index is 14.1. The van der Waals surface area contributed by atoms with Crippen LogP contribution < -0.4 is 4.74 Å². The molecule has 1 aromatic carbocycles. The Hall–Kier alpha value is -1.52. The van der Waals surface area contributed by atoms with Crippen LogP contribution in [-0.4, -0.2) is 6.61 Å². The maximum Gasteiger partial charge on any atom is 0.387 e. The van der Waals surface area contributed by atoms with Crippen molar-refractivity contribution in [2.75, 3.05) is 0 Å². The first-order valence-corrected chi connectivity index (χ1v) is 13.0. The molecule has 2 fully saturated rings. The molecule has 0 spiro atoms. The highest BCUT2D eigenvalue weighted by molar-refractivity contribution is 5.33. The smallest absolute Gasteiger partial charge is 0.387 e. The average Bonchev–Trinajstić information content (AvgIpc) is 2.81. The SMILES string of the molecule is CC/C=C/CCC[C@H]1CC[C@H](CC[C@H]2CC[C@H](c3cc(F)c(OC(F)F)c(F)c3)CC2)CC1. The lowest BCUT2D eigenvalue weighted by atomic mass is 9.74. The number of unbranched alkanes of at least 4 members (excludes halogenated alkanes) is 1. The lowest BCUT2D eigenvalue weighted by molar-refractivity contribution is -0.0546. The topological polar surface area (TPSA) is 9.23 Å². The predicted molar refractivity (Wildman–Crippen MR) is 126 cm³/mol. The number of rotatable bonds is 11. The second-order valence-corrected chi connectivity index (χ2v) is 10.2. The van der Waals surface area contributed by atoms with Crippen LogP contribution in [-0.2, 0) is 0 Å². The van der Waals surface area contributed by atoms with Crippen molar-refractivity contribution in [1.29, 1.82) is 0 Å². The average molecular weight is 469 g/mol. The van der Waals surface area contributed by atoms with E-state index >= 15 is 0 Å². The third-order valence-corrected chi connectivity index (χ3v) is 7.88. The molecular weight excluding hydrogens is 428 g/mol. The van der Waals surface area contributed by atoms with Crippen LogP contribution >= 0.6 is 0 Å². The molecule has 3 rings (SSSR count). The van der Waals surface area contributed by atoms with Crippen molar-refractivity contribution in [2.45, 2.75) is 109 Å². The number of hydrogen-bond acceptors (Lipinski definition) is 1. The molecule has 0 heterocycles. The molecule has 5 heteroatoms. The predicted octanol–water partition coefficient (Wildman–Crippen LogP) is 9.56. The summed E-state index contributed by atoms with van der Waals surface area (Å²) < 4.78 is 56.8. The summed E-state index contributed by atoms with van der Waals surface area (Å²) in [4.78, 5) is 0. The molecule has 33 heavy (non-hydrogen) atoms. The zero-order chi connectivity index (χ0) is 23.6. The molecule has 0 saturated heterocycles. The molecular formula is C28H40F4O. The van der Waals surface area contributed by atoms with E-state index < -0.39 is 24.0 Å². The highest BCUT2D eigenvalue weighted by Crippen LogP contribution is 2.41. The third-order valence-electron chi connectivity index (χ3n) is 7.88. The number of alkyl halides is 2. The number of allylic oxidation sites excluding steroid dienone is 2. The van der Waals surface area contributed by atoms with Gasteiger partial charge in [-0.2, -0.15) is 8.78 Å². The van der Waals surface area contributed by atoms with Crippen molar-refractivity contribution in [3.8, 4) is 5.75 Å². The van der Waals surface area contributed by atoms with Crippen molar-refractivity contribution >= 4 is 0 Å². The van der Waals surface area contributed by atoms with E-state index in [0.29, 0.717) is 11.5 Å². The molecule has 0 amide bonds. The highest BCUT2D eigenvalue weighted by Gasteiger charge is 2.27. The molecule has 1 nitrogen and oxygen atoms in total. The molecule has 1 aromatic rings. The van der Waals surface area contributed by atoms with Crippen LogP contribution in [0.15, 0.2) is 24.3 Å². The Bertz CT molecular complexity index is 708. The molecule has 0 radical (unpaired) electrons. The van der Waals surface area contributed by atoms with Gasteiger partial charge in [0.2, 0.25) is 0 Å². The molecule has 186 valence electrons. The minimum Gasteiger partial charge on any atom is -0.429 e. The van der Waals surface area contributed by atoms with Gasteiger partial charge in [0.1, 0.15) is 0 Å². The van der Waals surface area contributed by atoms with Crippen molar-refractivity contribution in [3.05, 3.63) is 41.5 Å². The van der Waals surface area contributed by atoms with Gasteiger partial charge >= 0.3 is 6.61 Å². The van der Waals surface area contributed by atoms with Gasteiger partial charge in [0.25, 0.3) is 0 Å². The largest absolute Gasteiger partial charge is 0.429 e. The molecule has 0 N–H and O–H groups in total. The van der Waals surface area contributed by atoms with E-state index in [1.807, 2.05) is 0 Å². The standard InChI is InChI=1S/C28H40F4O/c1-2-3-4-5-6-7-20-8-10-21(11-9-20)12-13-22-14-16-23(17-15-22)24-18-25(29)27(26(30)19-24)33-28(31)32/h3-4,18-23,28H,2,5-17H2,1H3/b4-3+/t20-,21-,22-,23-.